The average Bonchev–Trinajstić information content (AvgIpc) is 2.52. The van der Waals surface area contributed by atoms with Crippen LogP contribution in [0.4, 0.5) is 0 Å². The molecule has 4 N–H and O–H groups in total. The van der Waals surface area contributed by atoms with Gasteiger partial charge in [0.25, 0.3) is 0 Å². The molecule has 23 heavy (non-hydrogen) atoms. The standard InChI is InChI=1S/C13H30N4O2P2S2/c1-6-20(18,7-2)16-12(22)14-10-11(5)15-13(23)17-21(19,8-3)9-4/h11H,6-10H2,1-5H3,(H2,14,16,18,22)(H2,15,17,19,23). The van der Waals surface area contributed by atoms with E-state index in [2.05, 4.69) is 20.8 Å². The van der Waals surface area contributed by atoms with E-state index in [9.17, 15) is 9.13 Å². The zero-order valence-corrected chi connectivity index (χ0v) is 18.1. The Morgan fingerprint density at radius 3 is 1.65 bits per heavy atom. The minimum absolute atomic E-state index is 0.0143. The van der Waals surface area contributed by atoms with Crippen LogP contribution in [0.1, 0.15) is 34.6 Å². The first kappa shape index (κ1) is 22.8. The van der Waals surface area contributed by atoms with Gasteiger partial charge < -0.3 is 29.9 Å². The third kappa shape index (κ3) is 9.04. The van der Waals surface area contributed by atoms with Gasteiger partial charge in [-0.1, -0.05) is 27.7 Å². The first-order valence-corrected chi connectivity index (χ1v) is 12.9. The maximum Gasteiger partial charge on any atom is 0.172 e. The molecule has 0 aromatic heterocycles. The van der Waals surface area contributed by atoms with E-state index in [1.807, 2.05) is 34.6 Å². The van der Waals surface area contributed by atoms with Gasteiger partial charge in [-0.2, -0.15) is 0 Å². The largest absolute Gasteiger partial charge is 0.360 e. The van der Waals surface area contributed by atoms with Crippen LogP contribution in [0.3, 0.4) is 0 Å². The van der Waals surface area contributed by atoms with Crippen LogP contribution in [-0.4, -0.2) is 47.5 Å². The van der Waals surface area contributed by atoms with Crippen molar-refractivity contribution in [2.24, 2.45) is 0 Å². The van der Waals surface area contributed by atoms with Crippen molar-refractivity contribution in [3.63, 3.8) is 0 Å². The minimum Gasteiger partial charge on any atom is -0.360 e. The van der Waals surface area contributed by atoms with Crippen molar-refractivity contribution in [2.75, 3.05) is 31.2 Å². The number of nitrogens with one attached hydrogen (secondary N) is 4. The molecular weight excluding hydrogens is 370 g/mol. The summed E-state index contributed by atoms with van der Waals surface area (Å²) in [4.78, 5) is 0. The van der Waals surface area contributed by atoms with E-state index >= 15 is 0 Å². The summed E-state index contributed by atoms with van der Waals surface area (Å²) in [6.45, 7) is 9.99. The van der Waals surface area contributed by atoms with Crippen molar-refractivity contribution >= 4 is 49.2 Å². The van der Waals surface area contributed by atoms with Crippen molar-refractivity contribution in [2.45, 2.75) is 40.7 Å². The maximum absolute atomic E-state index is 12.3. The Morgan fingerprint density at radius 1 is 0.870 bits per heavy atom. The lowest BCUT2D eigenvalue weighted by Crippen LogP contribution is -2.47. The van der Waals surface area contributed by atoms with Crippen molar-refractivity contribution in [1.82, 2.24) is 20.8 Å². The number of thiocarbonyl (C=S) groups is 2. The van der Waals surface area contributed by atoms with Crippen molar-refractivity contribution in [3.05, 3.63) is 0 Å². The fourth-order valence-corrected chi connectivity index (χ4v) is 5.42. The van der Waals surface area contributed by atoms with Gasteiger partial charge in [0.1, 0.15) is 0 Å². The fraction of sp³-hybridized carbons (Fsp3) is 0.846. The molecule has 0 aliphatic carbocycles. The molecule has 0 aromatic carbocycles. The lowest BCUT2D eigenvalue weighted by Gasteiger charge is -2.23. The second kappa shape index (κ2) is 10.7. The molecule has 136 valence electrons. The molecule has 0 heterocycles. The lowest BCUT2D eigenvalue weighted by atomic mass is 10.3. The molecule has 0 aliphatic rings. The van der Waals surface area contributed by atoms with Gasteiger partial charge in [0.05, 0.1) is 0 Å². The highest BCUT2D eigenvalue weighted by Gasteiger charge is 2.19. The van der Waals surface area contributed by atoms with Gasteiger partial charge >= 0.3 is 0 Å². The maximum atomic E-state index is 12.3. The highest BCUT2D eigenvalue weighted by atomic mass is 32.1. The second-order valence-electron chi connectivity index (χ2n) is 5.35. The topological polar surface area (TPSA) is 82.3 Å². The Kier molecular flexibility index (Phi) is 10.6. The van der Waals surface area contributed by atoms with Crippen LogP contribution >= 0.6 is 39.0 Å². The third-order valence-corrected chi connectivity index (χ3v) is 9.72. The lowest BCUT2D eigenvalue weighted by molar-refractivity contribution is 0.569. The molecular formula is C13H30N4O2P2S2. The van der Waals surface area contributed by atoms with E-state index < -0.39 is 14.6 Å². The van der Waals surface area contributed by atoms with Gasteiger partial charge in [0, 0.05) is 37.2 Å². The second-order valence-corrected chi connectivity index (χ2v) is 12.7. The smallest absolute Gasteiger partial charge is 0.172 e. The predicted molar refractivity (Wildman–Crippen MR) is 109 cm³/mol. The van der Waals surface area contributed by atoms with Crippen LogP contribution in [0, 0.1) is 0 Å². The summed E-state index contributed by atoms with van der Waals surface area (Å²) in [7, 11) is -4.83. The fourth-order valence-electron chi connectivity index (χ4n) is 1.73. The number of hydrogen-bond acceptors (Lipinski definition) is 4. The molecule has 10 heteroatoms. The third-order valence-electron chi connectivity index (χ3n) is 3.60. The van der Waals surface area contributed by atoms with Crippen LogP contribution in [0.5, 0.6) is 0 Å². The summed E-state index contributed by atoms with van der Waals surface area (Å²) in [5, 5.41) is 12.7. The van der Waals surface area contributed by atoms with Gasteiger partial charge in [0.2, 0.25) is 0 Å². The average molecular weight is 400 g/mol. The van der Waals surface area contributed by atoms with E-state index in [1.54, 1.807) is 0 Å². The van der Waals surface area contributed by atoms with Crippen LogP contribution in [0.15, 0.2) is 0 Å². The number of hydrogen-bond donors (Lipinski definition) is 4. The summed E-state index contributed by atoms with van der Waals surface area (Å²) in [6.07, 6.45) is 2.26. The van der Waals surface area contributed by atoms with Gasteiger partial charge in [0.15, 0.2) is 24.8 Å². The zero-order chi connectivity index (χ0) is 18.1. The quantitative estimate of drug-likeness (QED) is 0.347. The van der Waals surface area contributed by atoms with Gasteiger partial charge in [-0.15, -0.1) is 0 Å². The van der Waals surface area contributed by atoms with Crippen molar-refractivity contribution < 1.29 is 9.13 Å². The molecule has 0 saturated heterocycles. The van der Waals surface area contributed by atoms with Crippen molar-refractivity contribution in [3.8, 4) is 0 Å². The number of rotatable bonds is 9. The highest BCUT2D eigenvalue weighted by molar-refractivity contribution is 7.81. The molecule has 0 spiro atoms. The Hall–Kier alpha value is -0.160. The van der Waals surface area contributed by atoms with Crippen LogP contribution in [-0.2, 0) is 9.13 Å². The molecule has 0 aliphatic heterocycles. The minimum atomic E-state index is -2.42. The van der Waals surface area contributed by atoms with Gasteiger partial charge in [-0.3, -0.25) is 0 Å². The van der Waals surface area contributed by atoms with E-state index in [4.69, 9.17) is 24.4 Å². The Morgan fingerprint density at radius 2 is 1.26 bits per heavy atom. The normalized spacial score (nSPS) is 13.1. The van der Waals surface area contributed by atoms with Crippen molar-refractivity contribution in [1.29, 1.82) is 0 Å². The van der Waals surface area contributed by atoms with Gasteiger partial charge in [-0.05, 0) is 31.4 Å². The van der Waals surface area contributed by atoms with Gasteiger partial charge in [-0.25, -0.2) is 0 Å². The first-order valence-electron chi connectivity index (χ1n) is 7.94. The molecule has 0 bridgehead atoms. The molecule has 1 atom stereocenters. The Balaban J connectivity index is 4.28. The summed E-state index contributed by atoms with van der Waals surface area (Å²) in [5.74, 6) is 0. The summed E-state index contributed by atoms with van der Waals surface area (Å²) in [5.41, 5.74) is 0. The SMILES string of the molecule is CCP(=O)(CC)NC(=S)NCC(C)NC(=S)NP(=O)(CC)CC. The van der Waals surface area contributed by atoms with Crippen LogP contribution in [0.25, 0.3) is 0 Å². The zero-order valence-electron chi connectivity index (χ0n) is 14.6. The molecule has 1 unspecified atom stereocenters. The molecule has 0 amide bonds. The Bertz CT molecular complexity index is 486. The summed E-state index contributed by atoms with van der Waals surface area (Å²) >= 11 is 10.4. The highest BCUT2D eigenvalue weighted by Crippen LogP contribution is 2.39. The molecule has 0 aromatic rings. The Labute approximate surface area is 151 Å². The van der Waals surface area contributed by atoms with E-state index in [0.717, 1.165) is 0 Å². The summed E-state index contributed by atoms with van der Waals surface area (Å²) in [6, 6.07) is -0.0143. The predicted octanol–water partition coefficient (Wildman–Crippen LogP) is 2.94. The van der Waals surface area contributed by atoms with E-state index in [-0.39, 0.29) is 6.04 Å². The molecule has 0 radical (unpaired) electrons. The molecule has 6 nitrogen and oxygen atoms in total. The van der Waals surface area contributed by atoms with E-state index in [0.29, 0.717) is 41.4 Å². The summed E-state index contributed by atoms with van der Waals surface area (Å²) < 4.78 is 24.6. The first-order chi connectivity index (χ1) is 10.6. The molecule has 0 saturated carbocycles. The van der Waals surface area contributed by atoms with Crippen LogP contribution < -0.4 is 20.8 Å². The van der Waals surface area contributed by atoms with E-state index in [1.165, 1.54) is 0 Å². The van der Waals surface area contributed by atoms with Crippen LogP contribution in [0.2, 0.25) is 0 Å². The monoisotopic (exact) mass is 400 g/mol. The molecule has 0 rings (SSSR count). The molecule has 0 fully saturated rings.